The Hall–Kier alpha value is -1.73. The zero-order valence-electron chi connectivity index (χ0n) is 11.7. The van der Waals surface area contributed by atoms with Crippen LogP contribution in [0.4, 0.5) is 5.69 Å². The molecule has 0 bridgehead atoms. The maximum atomic E-state index is 12.3. The molecule has 0 aliphatic heterocycles. The average molecular weight is 367 g/mol. The van der Waals surface area contributed by atoms with Crippen LogP contribution in [0.25, 0.3) is 0 Å². The predicted octanol–water partition coefficient (Wildman–Crippen LogP) is 2.86. The predicted molar refractivity (Wildman–Crippen MR) is 90.6 cm³/mol. The van der Waals surface area contributed by atoms with Gasteiger partial charge in [0.05, 0.1) is 11.4 Å². The minimum atomic E-state index is -0.207. The van der Waals surface area contributed by atoms with Gasteiger partial charge in [-0.05, 0) is 54.0 Å². The molecule has 0 atom stereocenters. The van der Waals surface area contributed by atoms with Gasteiger partial charge in [0.2, 0.25) is 0 Å². The lowest BCUT2D eigenvalue weighted by molar-refractivity contribution is 0.101. The maximum Gasteiger partial charge on any atom is 0.273 e. The molecule has 1 heterocycles. The summed E-state index contributed by atoms with van der Waals surface area (Å²) >= 11 is 8.33. The highest BCUT2D eigenvalue weighted by Crippen LogP contribution is 2.24. The summed E-state index contributed by atoms with van der Waals surface area (Å²) in [5.41, 5.74) is 8.31. The third-order valence-corrected chi connectivity index (χ3v) is 3.83. The zero-order valence-corrected chi connectivity index (χ0v) is 14.1. The Balaban J connectivity index is 2.25. The quantitative estimate of drug-likeness (QED) is 0.816. The molecule has 1 amide bonds. The third-order valence-electron chi connectivity index (χ3n) is 2.94. The number of halogens is 1. The molecule has 0 radical (unpaired) electrons. The normalized spacial score (nSPS) is 10.4. The monoisotopic (exact) mass is 366 g/mol. The SMILES string of the molecule is CCn1nc(C)cc1C(=O)Nc1ccc(C(N)=S)cc1Br. The van der Waals surface area contributed by atoms with Crippen LogP contribution in [0.1, 0.15) is 28.7 Å². The van der Waals surface area contributed by atoms with Gasteiger partial charge >= 0.3 is 0 Å². The van der Waals surface area contributed by atoms with Gasteiger partial charge in [-0.1, -0.05) is 12.2 Å². The highest BCUT2D eigenvalue weighted by Gasteiger charge is 2.14. The van der Waals surface area contributed by atoms with Crippen LogP contribution in [0.15, 0.2) is 28.7 Å². The van der Waals surface area contributed by atoms with E-state index in [0.29, 0.717) is 22.9 Å². The fourth-order valence-electron chi connectivity index (χ4n) is 1.93. The first-order valence-electron chi connectivity index (χ1n) is 6.37. The van der Waals surface area contributed by atoms with Gasteiger partial charge in [0, 0.05) is 16.6 Å². The number of nitrogens with zero attached hydrogens (tertiary/aromatic N) is 2. The van der Waals surface area contributed by atoms with Crippen LogP contribution < -0.4 is 11.1 Å². The largest absolute Gasteiger partial charge is 0.389 e. The van der Waals surface area contributed by atoms with Crippen LogP contribution in [-0.2, 0) is 6.54 Å². The number of nitrogens with two attached hydrogens (primary N) is 1. The fraction of sp³-hybridized carbons (Fsp3) is 0.214. The number of aryl methyl sites for hydroxylation is 2. The summed E-state index contributed by atoms with van der Waals surface area (Å²) in [7, 11) is 0. The lowest BCUT2D eigenvalue weighted by Gasteiger charge is -2.09. The summed E-state index contributed by atoms with van der Waals surface area (Å²) in [5.74, 6) is -0.207. The van der Waals surface area contributed by atoms with Crippen molar-refractivity contribution < 1.29 is 4.79 Å². The van der Waals surface area contributed by atoms with Crippen molar-refractivity contribution in [3.8, 4) is 0 Å². The molecule has 2 rings (SSSR count). The first kappa shape index (κ1) is 15.7. The van der Waals surface area contributed by atoms with Gasteiger partial charge in [0.15, 0.2) is 0 Å². The van der Waals surface area contributed by atoms with E-state index >= 15 is 0 Å². The van der Waals surface area contributed by atoms with Crippen molar-refractivity contribution in [3.05, 3.63) is 45.7 Å². The number of carbonyl (C=O) groups excluding carboxylic acids is 1. The molecule has 7 heteroatoms. The van der Waals surface area contributed by atoms with Crippen LogP contribution in [0.2, 0.25) is 0 Å². The van der Waals surface area contributed by atoms with Crippen molar-refractivity contribution in [1.82, 2.24) is 9.78 Å². The Bertz CT molecular complexity index is 711. The van der Waals surface area contributed by atoms with Crippen LogP contribution >= 0.6 is 28.1 Å². The Morgan fingerprint density at radius 2 is 2.19 bits per heavy atom. The van der Waals surface area contributed by atoms with E-state index in [2.05, 4.69) is 26.3 Å². The molecule has 0 aliphatic rings. The molecular weight excluding hydrogens is 352 g/mol. The van der Waals surface area contributed by atoms with E-state index in [1.807, 2.05) is 13.8 Å². The minimum absolute atomic E-state index is 0.207. The van der Waals surface area contributed by atoms with Crippen molar-refractivity contribution in [2.45, 2.75) is 20.4 Å². The van der Waals surface area contributed by atoms with Crippen LogP contribution in [-0.4, -0.2) is 20.7 Å². The van der Waals surface area contributed by atoms with Crippen LogP contribution in [0.3, 0.4) is 0 Å². The number of benzene rings is 1. The standard InChI is InChI=1S/C14H15BrN4OS/c1-3-19-12(6-8(2)18-19)14(20)17-11-5-4-9(13(16)21)7-10(11)15/h4-7H,3H2,1-2H3,(H2,16,21)(H,17,20). The van der Waals surface area contributed by atoms with Crippen molar-refractivity contribution in [1.29, 1.82) is 0 Å². The lowest BCUT2D eigenvalue weighted by Crippen LogP contribution is -2.18. The molecule has 110 valence electrons. The number of carbonyl (C=O) groups is 1. The van der Waals surface area contributed by atoms with Crippen molar-refractivity contribution in [2.75, 3.05) is 5.32 Å². The number of amides is 1. The highest BCUT2D eigenvalue weighted by molar-refractivity contribution is 9.10. The number of anilines is 1. The molecule has 0 saturated heterocycles. The molecule has 0 unspecified atom stereocenters. The van der Waals surface area contributed by atoms with Gasteiger partial charge in [-0.25, -0.2) is 0 Å². The number of nitrogens with one attached hydrogen (secondary N) is 1. The molecule has 1 aromatic heterocycles. The lowest BCUT2D eigenvalue weighted by atomic mass is 10.2. The summed E-state index contributed by atoms with van der Waals surface area (Å²) in [6, 6.07) is 7.07. The second kappa shape index (κ2) is 6.36. The van der Waals surface area contributed by atoms with E-state index < -0.39 is 0 Å². The van der Waals surface area contributed by atoms with E-state index in [1.54, 1.807) is 28.9 Å². The van der Waals surface area contributed by atoms with E-state index in [-0.39, 0.29) is 5.91 Å². The van der Waals surface area contributed by atoms with Crippen molar-refractivity contribution in [3.63, 3.8) is 0 Å². The fourth-order valence-corrected chi connectivity index (χ4v) is 2.53. The first-order valence-corrected chi connectivity index (χ1v) is 7.57. The summed E-state index contributed by atoms with van der Waals surface area (Å²) in [5, 5.41) is 7.11. The molecule has 0 saturated carbocycles. The molecule has 3 N–H and O–H groups in total. The number of aromatic nitrogens is 2. The summed E-state index contributed by atoms with van der Waals surface area (Å²) in [6.45, 7) is 4.43. The Labute approximate surface area is 136 Å². The third kappa shape index (κ3) is 3.48. The Kier molecular flexibility index (Phi) is 4.74. The van der Waals surface area contributed by atoms with E-state index in [1.165, 1.54) is 0 Å². The molecule has 2 aromatic rings. The second-order valence-corrected chi connectivity index (χ2v) is 5.79. The Morgan fingerprint density at radius 1 is 1.48 bits per heavy atom. The summed E-state index contributed by atoms with van der Waals surface area (Å²) in [6.07, 6.45) is 0. The molecule has 1 aromatic carbocycles. The first-order chi connectivity index (χ1) is 9.92. The molecular formula is C14H15BrN4OS. The molecule has 0 fully saturated rings. The van der Waals surface area contributed by atoms with Gasteiger partial charge in [0.25, 0.3) is 5.91 Å². The van der Waals surface area contributed by atoms with E-state index in [0.717, 1.165) is 15.7 Å². The average Bonchev–Trinajstić information content (AvgIpc) is 2.82. The molecule has 5 nitrogen and oxygen atoms in total. The summed E-state index contributed by atoms with van der Waals surface area (Å²) < 4.78 is 2.39. The number of rotatable bonds is 4. The van der Waals surface area contributed by atoms with Gasteiger partial charge in [0.1, 0.15) is 10.7 Å². The van der Waals surface area contributed by atoms with Crippen LogP contribution in [0.5, 0.6) is 0 Å². The van der Waals surface area contributed by atoms with Crippen molar-refractivity contribution in [2.24, 2.45) is 5.73 Å². The topological polar surface area (TPSA) is 72.9 Å². The van der Waals surface area contributed by atoms with E-state index in [9.17, 15) is 4.79 Å². The molecule has 0 spiro atoms. The minimum Gasteiger partial charge on any atom is -0.389 e. The maximum absolute atomic E-state index is 12.3. The zero-order chi connectivity index (χ0) is 15.6. The van der Waals surface area contributed by atoms with Gasteiger partial charge in [-0.15, -0.1) is 0 Å². The number of hydrogen-bond acceptors (Lipinski definition) is 3. The van der Waals surface area contributed by atoms with Crippen molar-refractivity contribution >= 4 is 44.7 Å². The smallest absolute Gasteiger partial charge is 0.273 e. The van der Waals surface area contributed by atoms with Gasteiger partial charge in [-0.2, -0.15) is 5.10 Å². The van der Waals surface area contributed by atoms with Gasteiger partial charge < -0.3 is 11.1 Å². The molecule has 21 heavy (non-hydrogen) atoms. The number of hydrogen-bond donors (Lipinski definition) is 2. The molecule has 0 aliphatic carbocycles. The number of thiocarbonyl (C=S) groups is 1. The Morgan fingerprint density at radius 3 is 2.76 bits per heavy atom. The highest BCUT2D eigenvalue weighted by atomic mass is 79.9. The summed E-state index contributed by atoms with van der Waals surface area (Å²) in [4.78, 5) is 12.6. The van der Waals surface area contributed by atoms with Gasteiger partial charge in [-0.3, -0.25) is 9.48 Å². The second-order valence-electron chi connectivity index (χ2n) is 4.50. The van der Waals surface area contributed by atoms with Crippen LogP contribution in [0, 0.1) is 6.92 Å². The van der Waals surface area contributed by atoms with E-state index in [4.69, 9.17) is 18.0 Å².